The Balaban J connectivity index is 1.49. The number of benzene rings is 1. The summed E-state index contributed by atoms with van der Waals surface area (Å²) in [6.07, 6.45) is 4.82. The lowest BCUT2D eigenvalue weighted by atomic mass is 9.94. The number of ether oxygens (including phenoxy) is 1. The molecule has 5 heteroatoms. The van der Waals surface area contributed by atoms with Gasteiger partial charge in [-0.15, -0.1) is 0 Å². The molecule has 0 unspecified atom stereocenters. The largest absolute Gasteiger partial charge is 0.494 e. The third-order valence-electron chi connectivity index (χ3n) is 5.21. The van der Waals surface area contributed by atoms with Gasteiger partial charge in [-0.25, -0.2) is 0 Å². The summed E-state index contributed by atoms with van der Waals surface area (Å²) in [6, 6.07) is 7.38. The molecule has 1 aromatic carbocycles. The fourth-order valence-electron chi connectivity index (χ4n) is 3.73. The third-order valence-corrected chi connectivity index (χ3v) is 5.21. The first-order chi connectivity index (χ1) is 12.2. The summed E-state index contributed by atoms with van der Waals surface area (Å²) in [6.45, 7) is 5.90. The number of nitrogens with zero attached hydrogens (tertiary/aromatic N) is 2. The Labute approximate surface area is 149 Å². The van der Waals surface area contributed by atoms with E-state index >= 15 is 0 Å². The van der Waals surface area contributed by atoms with Crippen LogP contribution in [0, 0.1) is 5.92 Å². The molecular weight excluding hydrogens is 316 g/mol. The Morgan fingerprint density at radius 3 is 2.48 bits per heavy atom. The van der Waals surface area contributed by atoms with Crippen LogP contribution in [0.1, 0.15) is 49.4 Å². The van der Waals surface area contributed by atoms with Crippen LogP contribution in [0.2, 0.25) is 0 Å². The van der Waals surface area contributed by atoms with Crippen LogP contribution < -0.4 is 4.74 Å². The van der Waals surface area contributed by atoms with Crippen molar-refractivity contribution in [3.63, 3.8) is 0 Å². The van der Waals surface area contributed by atoms with Crippen molar-refractivity contribution in [2.24, 2.45) is 5.92 Å². The maximum Gasteiger partial charge on any atom is 0.253 e. The van der Waals surface area contributed by atoms with Crippen LogP contribution in [0.5, 0.6) is 5.75 Å². The van der Waals surface area contributed by atoms with Crippen LogP contribution in [0.3, 0.4) is 0 Å². The minimum atomic E-state index is 0.0931. The second-order valence-electron chi connectivity index (χ2n) is 6.99. The number of amides is 2. The Kier molecular flexibility index (Phi) is 5.95. The lowest BCUT2D eigenvalue weighted by molar-refractivity contribution is -0.134. The van der Waals surface area contributed by atoms with Crippen LogP contribution in [0.25, 0.3) is 0 Å². The van der Waals surface area contributed by atoms with E-state index in [2.05, 4.69) is 0 Å². The van der Waals surface area contributed by atoms with E-state index in [9.17, 15) is 9.59 Å². The fourth-order valence-corrected chi connectivity index (χ4v) is 3.73. The lowest BCUT2D eigenvalue weighted by Gasteiger charge is -2.36. The summed E-state index contributed by atoms with van der Waals surface area (Å²) in [7, 11) is 0. The van der Waals surface area contributed by atoms with Gasteiger partial charge in [0, 0.05) is 38.2 Å². The predicted molar refractivity (Wildman–Crippen MR) is 96.7 cm³/mol. The molecule has 2 amide bonds. The zero-order chi connectivity index (χ0) is 17.6. The first-order valence-corrected chi connectivity index (χ1v) is 9.47. The van der Waals surface area contributed by atoms with Gasteiger partial charge in [-0.2, -0.15) is 0 Å². The smallest absolute Gasteiger partial charge is 0.253 e. The summed E-state index contributed by atoms with van der Waals surface area (Å²) in [5.74, 6) is 1.71. The zero-order valence-corrected chi connectivity index (χ0v) is 15.1. The SMILES string of the molecule is CCOc1ccc(C(=O)N2CCC(CN3CCCCC3=O)CC2)cc1. The second-order valence-corrected chi connectivity index (χ2v) is 6.99. The Morgan fingerprint density at radius 1 is 1.12 bits per heavy atom. The highest BCUT2D eigenvalue weighted by molar-refractivity contribution is 5.94. The molecule has 2 saturated heterocycles. The van der Waals surface area contributed by atoms with Crippen molar-refractivity contribution in [1.82, 2.24) is 9.80 Å². The second kappa shape index (κ2) is 8.37. The number of rotatable bonds is 5. The van der Waals surface area contributed by atoms with Crippen LogP contribution in [-0.2, 0) is 4.79 Å². The monoisotopic (exact) mass is 344 g/mol. The van der Waals surface area contributed by atoms with E-state index < -0.39 is 0 Å². The summed E-state index contributed by atoms with van der Waals surface area (Å²) in [5.41, 5.74) is 0.716. The Morgan fingerprint density at radius 2 is 1.84 bits per heavy atom. The first-order valence-electron chi connectivity index (χ1n) is 9.47. The third kappa shape index (κ3) is 4.53. The van der Waals surface area contributed by atoms with Gasteiger partial charge >= 0.3 is 0 Å². The number of piperidine rings is 2. The van der Waals surface area contributed by atoms with Gasteiger partial charge in [0.25, 0.3) is 5.91 Å². The van der Waals surface area contributed by atoms with E-state index in [1.807, 2.05) is 41.0 Å². The molecule has 0 bridgehead atoms. The maximum atomic E-state index is 12.6. The molecule has 2 aliphatic heterocycles. The molecule has 136 valence electrons. The predicted octanol–water partition coefficient (Wildman–Crippen LogP) is 2.95. The van der Waals surface area contributed by atoms with E-state index in [-0.39, 0.29) is 5.91 Å². The molecule has 0 aromatic heterocycles. The number of likely N-dealkylation sites (tertiary alicyclic amines) is 2. The summed E-state index contributed by atoms with van der Waals surface area (Å²) in [4.78, 5) is 28.5. The summed E-state index contributed by atoms with van der Waals surface area (Å²) < 4.78 is 5.42. The van der Waals surface area contributed by atoms with Crippen molar-refractivity contribution in [1.29, 1.82) is 0 Å². The van der Waals surface area contributed by atoms with Gasteiger partial charge < -0.3 is 14.5 Å². The standard InChI is InChI=1S/C20H28N2O3/c1-2-25-18-8-6-17(7-9-18)20(24)21-13-10-16(11-14-21)15-22-12-4-3-5-19(22)23/h6-9,16H,2-5,10-15H2,1H3. The fraction of sp³-hybridized carbons (Fsp3) is 0.600. The van der Waals surface area contributed by atoms with E-state index in [0.717, 1.165) is 57.6 Å². The molecule has 2 heterocycles. The average molecular weight is 344 g/mol. The topological polar surface area (TPSA) is 49.9 Å². The van der Waals surface area contributed by atoms with Gasteiger partial charge in [-0.05, 0) is 62.8 Å². The van der Waals surface area contributed by atoms with E-state index in [1.165, 1.54) is 0 Å². The number of hydrogen-bond acceptors (Lipinski definition) is 3. The molecule has 25 heavy (non-hydrogen) atoms. The molecule has 2 fully saturated rings. The molecule has 3 rings (SSSR count). The first kappa shape index (κ1) is 17.8. The average Bonchev–Trinajstić information content (AvgIpc) is 2.65. The highest BCUT2D eigenvalue weighted by Crippen LogP contribution is 2.23. The van der Waals surface area contributed by atoms with Crippen molar-refractivity contribution >= 4 is 11.8 Å². The highest BCUT2D eigenvalue weighted by Gasteiger charge is 2.27. The molecule has 0 saturated carbocycles. The molecule has 0 atom stereocenters. The molecule has 0 N–H and O–H groups in total. The molecule has 1 aromatic rings. The van der Waals surface area contributed by atoms with Gasteiger partial charge in [0.1, 0.15) is 5.75 Å². The lowest BCUT2D eigenvalue weighted by Crippen LogP contribution is -2.44. The Hall–Kier alpha value is -2.04. The van der Waals surface area contributed by atoms with Gasteiger partial charge in [-0.3, -0.25) is 9.59 Å². The summed E-state index contributed by atoms with van der Waals surface area (Å²) >= 11 is 0. The summed E-state index contributed by atoms with van der Waals surface area (Å²) in [5, 5.41) is 0. The van der Waals surface area contributed by atoms with Crippen molar-refractivity contribution in [2.75, 3.05) is 32.8 Å². The molecule has 5 nitrogen and oxygen atoms in total. The van der Waals surface area contributed by atoms with Crippen molar-refractivity contribution in [3.8, 4) is 5.75 Å². The quantitative estimate of drug-likeness (QED) is 0.825. The number of carbonyl (C=O) groups excluding carboxylic acids is 2. The van der Waals surface area contributed by atoms with Gasteiger partial charge in [-0.1, -0.05) is 0 Å². The van der Waals surface area contributed by atoms with E-state index in [1.54, 1.807) is 0 Å². The van der Waals surface area contributed by atoms with Crippen molar-refractivity contribution in [2.45, 2.75) is 39.0 Å². The zero-order valence-electron chi connectivity index (χ0n) is 15.1. The van der Waals surface area contributed by atoms with Crippen molar-refractivity contribution < 1.29 is 14.3 Å². The van der Waals surface area contributed by atoms with Gasteiger partial charge in [0.05, 0.1) is 6.61 Å². The Bertz CT molecular complexity index is 591. The molecule has 0 radical (unpaired) electrons. The van der Waals surface area contributed by atoms with Crippen molar-refractivity contribution in [3.05, 3.63) is 29.8 Å². The van der Waals surface area contributed by atoms with Gasteiger partial charge in [0.15, 0.2) is 0 Å². The number of carbonyl (C=O) groups is 2. The van der Waals surface area contributed by atoms with E-state index in [0.29, 0.717) is 30.4 Å². The van der Waals surface area contributed by atoms with Gasteiger partial charge in [0.2, 0.25) is 5.91 Å². The highest BCUT2D eigenvalue weighted by atomic mass is 16.5. The van der Waals surface area contributed by atoms with Crippen LogP contribution in [0.4, 0.5) is 0 Å². The minimum absolute atomic E-state index is 0.0931. The normalized spacial score (nSPS) is 19.2. The van der Waals surface area contributed by atoms with Crippen LogP contribution >= 0.6 is 0 Å². The maximum absolute atomic E-state index is 12.6. The minimum Gasteiger partial charge on any atom is -0.494 e. The molecule has 2 aliphatic rings. The molecule has 0 spiro atoms. The van der Waals surface area contributed by atoms with Crippen LogP contribution in [0.15, 0.2) is 24.3 Å². The number of hydrogen-bond donors (Lipinski definition) is 0. The van der Waals surface area contributed by atoms with E-state index in [4.69, 9.17) is 4.74 Å². The molecule has 0 aliphatic carbocycles. The van der Waals surface area contributed by atoms with Crippen LogP contribution in [-0.4, -0.2) is 54.4 Å². The molecular formula is C20H28N2O3.